The molecule has 0 aliphatic rings. The maximum Gasteiger partial charge on any atom is 0.264 e. The fourth-order valence-corrected chi connectivity index (χ4v) is 4.65. The summed E-state index contributed by atoms with van der Waals surface area (Å²) in [7, 11) is -0.0691. The van der Waals surface area contributed by atoms with Crippen molar-refractivity contribution in [3.8, 4) is 0 Å². The van der Waals surface area contributed by atoms with Crippen molar-refractivity contribution >= 4 is 49.4 Å². The molecule has 3 aromatic carbocycles. The number of rotatable bonds is 8. The number of carbonyl (C=O) groups excluding carboxylic acids is 1. The fraction of sp³-hybridized carbons (Fsp3) is 0.167. The van der Waals surface area contributed by atoms with Gasteiger partial charge < -0.3 is 4.90 Å². The zero-order chi connectivity index (χ0) is 24.0. The summed E-state index contributed by atoms with van der Waals surface area (Å²) in [6, 6.07) is 20.9. The van der Waals surface area contributed by atoms with Crippen LogP contribution in [0.4, 0.5) is 11.4 Å². The number of amides is 1. The molecule has 0 saturated heterocycles. The van der Waals surface area contributed by atoms with E-state index in [1.165, 1.54) is 18.3 Å². The lowest BCUT2D eigenvalue weighted by atomic mass is 10.2. The quantitative estimate of drug-likeness (QED) is 0.351. The molecule has 3 aromatic rings. The van der Waals surface area contributed by atoms with Crippen LogP contribution >= 0.6 is 15.9 Å². The van der Waals surface area contributed by atoms with Gasteiger partial charge in [-0.05, 0) is 61.0 Å². The van der Waals surface area contributed by atoms with E-state index in [-0.39, 0.29) is 4.90 Å². The minimum Gasteiger partial charge on any atom is -0.378 e. The molecular formula is C24H25BrN4O3S. The van der Waals surface area contributed by atoms with E-state index in [1.807, 2.05) is 50.2 Å². The van der Waals surface area contributed by atoms with E-state index < -0.39 is 22.5 Å². The number of hydrogen-bond donors (Lipinski definition) is 1. The standard InChI is InChI=1S/C24H25BrN4O3S/c1-18-4-14-23(15-5-18)33(31,32)29(22-12-8-20(25)9-13-22)17-24(30)27-26-16-19-6-10-21(11-7-19)28(2)3/h4-16H,17H2,1-3H3,(H,27,30)/b26-16-. The minimum atomic E-state index is -3.97. The normalized spacial score (nSPS) is 11.4. The summed E-state index contributed by atoms with van der Waals surface area (Å²) in [5, 5.41) is 3.98. The smallest absolute Gasteiger partial charge is 0.264 e. The number of nitrogens with one attached hydrogen (secondary N) is 1. The molecule has 0 aliphatic heterocycles. The zero-order valence-electron chi connectivity index (χ0n) is 18.6. The van der Waals surface area contributed by atoms with Crippen molar-refractivity contribution in [2.24, 2.45) is 5.10 Å². The van der Waals surface area contributed by atoms with Gasteiger partial charge >= 0.3 is 0 Å². The monoisotopic (exact) mass is 528 g/mol. The lowest BCUT2D eigenvalue weighted by Gasteiger charge is -2.23. The summed E-state index contributed by atoms with van der Waals surface area (Å²) in [5.41, 5.74) is 5.58. The Bertz CT molecular complexity index is 1220. The molecule has 7 nitrogen and oxygen atoms in total. The van der Waals surface area contributed by atoms with Crippen molar-refractivity contribution in [1.29, 1.82) is 0 Å². The largest absolute Gasteiger partial charge is 0.378 e. The summed E-state index contributed by atoms with van der Waals surface area (Å²) >= 11 is 3.35. The predicted molar refractivity (Wildman–Crippen MR) is 136 cm³/mol. The van der Waals surface area contributed by atoms with Crippen molar-refractivity contribution in [1.82, 2.24) is 5.43 Å². The summed E-state index contributed by atoms with van der Waals surface area (Å²) in [5.74, 6) is -0.560. The Morgan fingerprint density at radius 1 is 0.939 bits per heavy atom. The molecular weight excluding hydrogens is 504 g/mol. The number of benzene rings is 3. The SMILES string of the molecule is Cc1ccc(S(=O)(=O)N(CC(=O)N/N=C\c2ccc(N(C)C)cc2)c2ccc(Br)cc2)cc1. The molecule has 0 radical (unpaired) electrons. The second-order valence-electron chi connectivity index (χ2n) is 7.58. The van der Waals surface area contributed by atoms with E-state index in [2.05, 4.69) is 26.5 Å². The predicted octanol–water partition coefficient (Wildman–Crippen LogP) is 4.17. The van der Waals surface area contributed by atoms with Crippen LogP contribution in [0.25, 0.3) is 0 Å². The Morgan fingerprint density at radius 3 is 2.09 bits per heavy atom. The molecule has 1 N–H and O–H groups in total. The number of hydrogen-bond acceptors (Lipinski definition) is 5. The highest BCUT2D eigenvalue weighted by Crippen LogP contribution is 2.25. The summed E-state index contributed by atoms with van der Waals surface area (Å²) < 4.78 is 28.5. The molecule has 172 valence electrons. The average molecular weight is 529 g/mol. The van der Waals surface area contributed by atoms with E-state index in [9.17, 15) is 13.2 Å². The Kier molecular flexibility index (Phi) is 7.88. The molecule has 33 heavy (non-hydrogen) atoms. The van der Waals surface area contributed by atoms with Gasteiger partial charge in [-0.2, -0.15) is 5.10 Å². The van der Waals surface area contributed by atoms with E-state index in [4.69, 9.17) is 0 Å². The third-order valence-corrected chi connectivity index (χ3v) is 7.14. The van der Waals surface area contributed by atoms with Gasteiger partial charge in [-0.25, -0.2) is 13.8 Å². The highest BCUT2D eigenvalue weighted by atomic mass is 79.9. The fourth-order valence-electron chi connectivity index (χ4n) is 2.96. The van der Waals surface area contributed by atoms with Gasteiger partial charge in [-0.3, -0.25) is 9.10 Å². The van der Waals surface area contributed by atoms with Crippen molar-refractivity contribution in [3.05, 3.63) is 88.4 Å². The number of hydrazone groups is 1. The topological polar surface area (TPSA) is 82.1 Å². The number of nitrogens with zero attached hydrogens (tertiary/aromatic N) is 3. The Labute approximate surface area is 202 Å². The first-order valence-electron chi connectivity index (χ1n) is 10.1. The van der Waals surface area contributed by atoms with E-state index in [0.29, 0.717) is 5.69 Å². The van der Waals surface area contributed by atoms with Crippen LogP contribution in [-0.2, 0) is 14.8 Å². The van der Waals surface area contributed by atoms with Crippen LogP contribution < -0.4 is 14.6 Å². The van der Waals surface area contributed by atoms with E-state index in [0.717, 1.165) is 25.6 Å². The van der Waals surface area contributed by atoms with Crippen molar-refractivity contribution in [2.45, 2.75) is 11.8 Å². The molecule has 0 bridgehead atoms. The van der Waals surface area contributed by atoms with Crippen LogP contribution in [-0.4, -0.2) is 41.2 Å². The van der Waals surface area contributed by atoms with Gasteiger partial charge in [0.25, 0.3) is 15.9 Å². The Hall–Kier alpha value is -3.17. The summed E-state index contributed by atoms with van der Waals surface area (Å²) in [6.45, 7) is 1.46. The molecule has 0 atom stereocenters. The number of carbonyl (C=O) groups is 1. The average Bonchev–Trinajstić information content (AvgIpc) is 2.79. The lowest BCUT2D eigenvalue weighted by Crippen LogP contribution is -2.39. The second kappa shape index (κ2) is 10.6. The molecule has 0 aliphatic carbocycles. The zero-order valence-corrected chi connectivity index (χ0v) is 21.0. The first-order valence-corrected chi connectivity index (χ1v) is 12.3. The molecule has 0 heterocycles. The molecule has 0 spiro atoms. The number of halogens is 1. The van der Waals surface area contributed by atoms with Crippen LogP contribution in [0.1, 0.15) is 11.1 Å². The second-order valence-corrected chi connectivity index (χ2v) is 10.4. The van der Waals surface area contributed by atoms with E-state index >= 15 is 0 Å². The van der Waals surface area contributed by atoms with E-state index in [1.54, 1.807) is 36.4 Å². The van der Waals surface area contributed by atoms with Crippen LogP contribution in [0.3, 0.4) is 0 Å². The maximum atomic E-state index is 13.3. The number of sulfonamides is 1. The van der Waals surface area contributed by atoms with Gasteiger partial charge in [-0.1, -0.05) is 45.8 Å². The molecule has 0 fully saturated rings. The number of aryl methyl sites for hydroxylation is 1. The highest BCUT2D eigenvalue weighted by Gasteiger charge is 2.27. The van der Waals surface area contributed by atoms with Gasteiger partial charge in [0, 0.05) is 24.3 Å². The summed E-state index contributed by atoms with van der Waals surface area (Å²) in [6.07, 6.45) is 1.51. The van der Waals surface area contributed by atoms with Crippen molar-refractivity contribution in [2.75, 3.05) is 29.8 Å². The van der Waals surface area contributed by atoms with Crippen LogP contribution in [0, 0.1) is 6.92 Å². The Balaban J connectivity index is 1.79. The van der Waals surface area contributed by atoms with Gasteiger partial charge in [0.1, 0.15) is 6.54 Å². The molecule has 0 saturated carbocycles. The molecule has 1 amide bonds. The van der Waals surface area contributed by atoms with Crippen LogP contribution in [0.15, 0.2) is 87.3 Å². The molecule has 0 unspecified atom stereocenters. The third-order valence-electron chi connectivity index (χ3n) is 4.82. The van der Waals surface area contributed by atoms with Crippen LogP contribution in [0.2, 0.25) is 0 Å². The summed E-state index contributed by atoms with van der Waals surface area (Å²) in [4.78, 5) is 14.7. The maximum absolute atomic E-state index is 13.3. The highest BCUT2D eigenvalue weighted by molar-refractivity contribution is 9.10. The lowest BCUT2D eigenvalue weighted by molar-refractivity contribution is -0.119. The van der Waals surface area contributed by atoms with Gasteiger partial charge in [0.05, 0.1) is 16.8 Å². The van der Waals surface area contributed by atoms with Gasteiger partial charge in [0.2, 0.25) is 0 Å². The van der Waals surface area contributed by atoms with Gasteiger partial charge in [-0.15, -0.1) is 0 Å². The van der Waals surface area contributed by atoms with Crippen molar-refractivity contribution in [3.63, 3.8) is 0 Å². The van der Waals surface area contributed by atoms with Crippen molar-refractivity contribution < 1.29 is 13.2 Å². The minimum absolute atomic E-state index is 0.105. The Morgan fingerprint density at radius 2 is 1.52 bits per heavy atom. The van der Waals surface area contributed by atoms with Crippen LogP contribution in [0.5, 0.6) is 0 Å². The number of anilines is 2. The first kappa shape index (κ1) is 24.5. The van der Waals surface area contributed by atoms with Gasteiger partial charge in [0.15, 0.2) is 0 Å². The first-order chi connectivity index (χ1) is 15.7. The molecule has 0 aromatic heterocycles. The molecule has 9 heteroatoms. The third kappa shape index (κ3) is 6.43. The molecule has 3 rings (SSSR count).